The summed E-state index contributed by atoms with van der Waals surface area (Å²) in [6, 6.07) is 0. The van der Waals surface area contributed by atoms with Gasteiger partial charge in [0.15, 0.2) is 0 Å². The van der Waals surface area contributed by atoms with Crippen LogP contribution in [-0.2, 0) is 0 Å². The Hall–Kier alpha value is -0.160. The lowest BCUT2D eigenvalue weighted by Gasteiger charge is -2.42. The lowest BCUT2D eigenvalue weighted by atomic mass is 10.0. The predicted octanol–water partition coefficient (Wildman–Crippen LogP) is 0.717. The molecule has 0 radical (unpaired) electrons. The minimum Gasteiger partial charge on any atom is -0.395 e. The fraction of sp³-hybridized carbons (Fsp3) is 1.00. The van der Waals surface area contributed by atoms with Gasteiger partial charge in [0, 0.05) is 51.4 Å². The first kappa shape index (κ1) is 15.2. The van der Waals surface area contributed by atoms with E-state index in [0.29, 0.717) is 12.1 Å². The Morgan fingerprint density at radius 3 is 2.26 bits per heavy atom. The number of rotatable bonds is 4. The third-order valence-electron chi connectivity index (χ3n) is 4.62. The molecular weight excluding hydrogens is 238 g/mol. The zero-order chi connectivity index (χ0) is 13.9. The highest BCUT2D eigenvalue weighted by Crippen LogP contribution is 2.20. The molecule has 2 saturated heterocycles. The van der Waals surface area contributed by atoms with Crippen molar-refractivity contribution < 1.29 is 5.11 Å². The maximum absolute atomic E-state index is 8.98. The Morgan fingerprint density at radius 2 is 1.68 bits per heavy atom. The summed E-state index contributed by atoms with van der Waals surface area (Å²) in [4.78, 5) is 7.63. The molecular formula is C15H31N3O. The zero-order valence-electron chi connectivity index (χ0n) is 12.9. The summed E-state index contributed by atoms with van der Waals surface area (Å²) >= 11 is 0. The van der Waals surface area contributed by atoms with Gasteiger partial charge in [-0.2, -0.15) is 0 Å². The number of nitrogens with zero attached hydrogens (tertiary/aromatic N) is 3. The van der Waals surface area contributed by atoms with E-state index in [0.717, 1.165) is 12.5 Å². The summed E-state index contributed by atoms with van der Waals surface area (Å²) in [6.07, 6.45) is 1.31. The van der Waals surface area contributed by atoms with Crippen molar-refractivity contribution in [2.75, 3.05) is 59.0 Å². The topological polar surface area (TPSA) is 30.0 Å². The van der Waals surface area contributed by atoms with Crippen LogP contribution in [0.5, 0.6) is 0 Å². The molecule has 0 unspecified atom stereocenters. The van der Waals surface area contributed by atoms with Gasteiger partial charge in [0.05, 0.1) is 6.61 Å². The average molecular weight is 269 g/mol. The van der Waals surface area contributed by atoms with Gasteiger partial charge in [0.2, 0.25) is 0 Å². The monoisotopic (exact) mass is 269 g/mol. The lowest BCUT2D eigenvalue weighted by Crippen LogP contribution is -2.54. The Kier molecular flexibility index (Phi) is 5.23. The number of hydrogen-bond acceptors (Lipinski definition) is 4. The normalized spacial score (nSPS) is 28.1. The van der Waals surface area contributed by atoms with Gasteiger partial charge >= 0.3 is 0 Å². The number of aliphatic hydroxyl groups excluding tert-OH is 1. The van der Waals surface area contributed by atoms with Gasteiger partial charge < -0.3 is 14.9 Å². The van der Waals surface area contributed by atoms with E-state index in [1.54, 1.807) is 0 Å². The Labute approximate surface area is 118 Å². The van der Waals surface area contributed by atoms with Crippen LogP contribution in [0.4, 0.5) is 0 Å². The van der Waals surface area contributed by atoms with Crippen LogP contribution in [0, 0.1) is 5.92 Å². The summed E-state index contributed by atoms with van der Waals surface area (Å²) in [5, 5.41) is 8.98. The smallest absolute Gasteiger partial charge is 0.0558 e. The molecule has 2 fully saturated rings. The molecule has 0 bridgehead atoms. The lowest BCUT2D eigenvalue weighted by molar-refractivity contribution is 0.0556. The highest BCUT2D eigenvalue weighted by Gasteiger charge is 2.28. The van der Waals surface area contributed by atoms with Crippen LogP contribution in [0.25, 0.3) is 0 Å². The second kappa shape index (κ2) is 6.53. The van der Waals surface area contributed by atoms with Gasteiger partial charge in [0.1, 0.15) is 0 Å². The molecule has 112 valence electrons. The molecule has 4 nitrogen and oxygen atoms in total. The van der Waals surface area contributed by atoms with Crippen molar-refractivity contribution in [3.63, 3.8) is 0 Å². The second-order valence-electron chi connectivity index (χ2n) is 7.14. The third-order valence-corrected chi connectivity index (χ3v) is 4.62. The van der Waals surface area contributed by atoms with Gasteiger partial charge in [0.25, 0.3) is 0 Å². The summed E-state index contributed by atoms with van der Waals surface area (Å²) in [7, 11) is 0. The molecule has 0 amide bonds. The molecule has 1 atom stereocenters. The van der Waals surface area contributed by atoms with Gasteiger partial charge in [-0.1, -0.05) is 0 Å². The van der Waals surface area contributed by atoms with Crippen molar-refractivity contribution in [1.82, 2.24) is 14.7 Å². The number of piperazine rings is 1. The Balaban J connectivity index is 1.69. The highest BCUT2D eigenvalue weighted by atomic mass is 16.3. The fourth-order valence-corrected chi connectivity index (χ4v) is 3.37. The number of likely N-dealkylation sites (tertiary alicyclic amines) is 1. The maximum Gasteiger partial charge on any atom is 0.0558 e. The van der Waals surface area contributed by atoms with E-state index < -0.39 is 0 Å². The first-order chi connectivity index (χ1) is 8.99. The largest absolute Gasteiger partial charge is 0.395 e. The molecule has 2 heterocycles. The van der Waals surface area contributed by atoms with Crippen molar-refractivity contribution in [3.05, 3.63) is 0 Å². The summed E-state index contributed by atoms with van der Waals surface area (Å²) < 4.78 is 0. The molecule has 2 aliphatic heterocycles. The average Bonchev–Trinajstić information content (AvgIpc) is 2.77. The molecule has 0 aliphatic carbocycles. The molecule has 0 aromatic carbocycles. The number of aliphatic hydroxyl groups is 1. The van der Waals surface area contributed by atoms with E-state index in [1.807, 2.05) is 0 Å². The minimum absolute atomic E-state index is 0.303. The van der Waals surface area contributed by atoms with E-state index >= 15 is 0 Å². The Bertz CT molecular complexity index is 269. The molecule has 0 spiro atoms. The predicted molar refractivity (Wildman–Crippen MR) is 79.4 cm³/mol. The van der Waals surface area contributed by atoms with E-state index in [4.69, 9.17) is 5.11 Å². The molecule has 0 saturated carbocycles. The van der Waals surface area contributed by atoms with E-state index in [-0.39, 0.29) is 0 Å². The van der Waals surface area contributed by atoms with Gasteiger partial charge in [-0.15, -0.1) is 0 Å². The molecule has 1 N–H and O–H groups in total. The molecule has 4 heteroatoms. The maximum atomic E-state index is 8.98. The molecule has 2 rings (SSSR count). The van der Waals surface area contributed by atoms with Crippen molar-refractivity contribution in [2.45, 2.75) is 32.7 Å². The van der Waals surface area contributed by atoms with Crippen molar-refractivity contribution in [2.24, 2.45) is 5.92 Å². The first-order valence-electron chi connectivity index (χ1n) is 7.79. The van der Waals surface area contributed by atoms with E-state index in [9.17, 15) is 0 Å². The van der Waals surface area contributed by atoms with Crippen molar-refractivity contribution in [3.8, 4) is 0 Å². The van der Waals surface area contributed by atoms with Gasteiger partial charge in [-0.25, -0.2) is 0 Å². The van der Waals surface area contributed by atoms with E-state index in [2.05, 4.69) is 35.5 Å². The van der Waals surface area contributed by atoms with Crippen LogP contribution in [0.15, 0.2) is 0 Å². The SMILES string of the molecule is CC(C)(C)N1CCN(C[C@@H]2CCN(CCO)C2)CC1. The molecule has 0 aromatic heterocycles. The van der Waals surface area contributed by atoms with Crippen LogP contribution in [0.3, 0.4) is 0 Å². The van der Waals surface area contributed by atoms with Crippen LogP contribution in [0.1, 0.15) is 27.2 Å². The van der Waals surface area contributed by atoms with E-state index in [1.165, 1.54) is 52.2 Å². The second-order valence-corrected chi connectivity index (χ2v) is 7.14. The molecule has 0 aromatic rings. The number of hydrogen-bond donors (Lipinski definition) is 1. The molecule has 19 heavy (non-hydrogen) atoms. The Morgan fingerprint density at radius 1 is 1.00 bits per heavy atom. The minimum atomic E-state index is 0.303. The van der Waals surface area contributed by atoms with Crippen LogP contribution in [-0.4, -0.2) is 84.3 Å². The number of β-amino-alcohol motifs (C(OH)–C–C–N with tert-alkyl or cyclic N) is 1. The van der Waals surface area contributed by atoms with Crippen LogP contribution < -0.4 is 0 Å². The quantitative estimate of drug-likeness (QED) is 0.814. The standard InChI is InChI=1S/C15H31N3O/c1-15(2,3)18-8-6-17(7-9-18)13-14-4-5-16(12-14)10-11-19/h14,19H,4-13H2,1-3H3/t14-/m1/s1. The summed E-state index contributed by atoms with van der Waals surface area (Å²) in [5.74, 6) is 0.813. The summed E-state index contributed by atoms with van der Waals surface area (Å²) in [6.45, 7) is 16.5. The van der Waals surface area contributed by atoms with Gasteiger partial charge in [-0.05, 0) is 39.7 Å². The first-order valence-corrected chi connectivity index (χ1v) is 7.79. The van der Waals surface area contributed by atoms with Crippen molar-refractivity contribution in [1.29, 1.82) is 0 Å². The van der Waals surface area contributed by atoms with Crippen LogP contribution in [0.2, 0.25) is 0 Å². The summed E-state index contributed by atoms with van der Waals surface area (Å²) in [5.41, 5.74) is 0.317. The third kappa shape index (κ3) is 4.42. The molecule has 2 aliphatic rings. The van der Waals surface area contributed by atoms with Crippen molar-refractivity contribution >= 4 is 0 Å². The van der Waals surface area contributed by atoms with Gasteiger partial charge in [-0.3, -0.25) is 4.90 Å². The zero-order valence-corrected chi connectivity index (χ0v) is 12.9. The van der Waals surface area contributed by atoms with Crippen LogP contribution >= 0.6 is 0 Å². The fourth-order valence-electron chi connectivity index (χ4n) is 3.37. The highest BCUT2D eigenvalue weighted by molar-refractivity contribution is 4.84.